The first-order valence-electron chi connectivity index (χ1n) is 2.20. The SMILES string of the molecule is CC(=O)N/C=C\[N+](=O)[O-]. The molecule has 1 amide bonds. The molecular formula is C4H6N2O3. The molecule has 0 aromatic carbocycles. The summed E-state index contributed by atoms with van der Waals surface area (Å²) in [7, 11) is 0. The fourth-order valence-corrected chi connectivity index (χ4v) is 0.215. The van der Waals surface area contributed by atoms with Crippen LogP contribution in [0.5, 0.6) is 0 Å². The molecular weight excluding hydrogens is 124 g/mol. The van der Waals surface area contributed by atoms with E-state index in [-0.39, 0.29) is 5.91 Å². The van der Waals surface area contributed by atoms with Crippen LogP contribution in [0.1, 0.15) is 6.92 Å². The van der Waals surface area contributed by atoms with Crippen molar-refractivity contribution in [2.24, 2.45) is 0 Å². The van der Waals surface area contributed by atoms with Crippen molar-refractivity contribution in [3.63, 3.8) is 0 Å². The Balaban J connectivity index is 3.48. The maximum atomic E-state index is 10.0. The molecule has 0 atom stereocenters. The first-order valence-corrected chi connectivity index (χ1v) is 2.20. The van der Waals surface area contributed by atoms with Crippen LogP contribution in [0.15, 0.2) is 12.4 Å². The summed E-state index contributed by atoms with van der Waals surface area (Å²) in [6.45, 7) is 1.27. The van der Waals surface area contributed by atoms with E-state index in [9.17, 15) is 14.9 Å². The zero-order valence-electron chi connectivity index (χ0n) is 4.83. The molecule has 0 aliphatic carbocycles. The number of carbonyl (C=O) groups is 1. The number of hydrogen-bond acceptors (Lipinski definition) is 3. The Morgan fingerprint density at radius 2 is 2.33 bits per heavy atom. The molecule has 0 saturated carbocycles. The Kier molecular flexibility index (Phi) is 3.04. The third kappa shape index (κ3) is 6.61. The van der Waals surface area contributed by atoms with Gasteiger partial charge in [0.1, 0.15) is 0 Å². The van der Waals surface area contributed by atoms with Gasteiger partial charge in [-0.05, 0) is 0 Å². The van der Waals surface area contributed by atoms with Crippen LogP contribution < -0.4 is 5.32 Å². The summed E-state index contributed by atoms with van der Waals surface area (Å²) in [4.78, 5) is 18.9. The van der Waals surface area contributed by atoms with E-state index in [0.29, 0.717) is 6.20 Å². The minimum atomic E-state index is -0.657. The van der Waals surface area contributed by atoms with E-state index < -0.39 is 4.92 Å². The summed E-state index contributed by atoms with van der Waals surface area (Å²) in [6, 6.07) is 0. The third-order valence-electron chi connectivity index (χ3n) is 0.483. The lowest BCUT2D eigenvalue weighted by Crippen LogP contribution is -2.11. The molecule has 5 heteroatoms. The largest absolute Gasteiger partial charge is 0.327 e. The average molecular weight is 130 g/mol. The fraction of sp³-hybridized carbons (Fsp3) is 0.250. The summed E-state index contributed by atoms with van der Waals surface area (Å²) in [6.07, 6.45) is 1.63. The van der Waals surface area contributed by atoms with E-state index in [0.717, 1.165) is 6.20 Å². The van der Waals surface area contributed by atoms with Gasteiger partial charge in [-0.2, -0.15) is 0 Å². The first-order chi connectivity index (χ1) is 4.13. The van der Waals surface area contributed by atoms with Crippen molar-refractivity contribution >= 4 is 5.91 Å². The Hall–Kier alpha value is -1.39. The number of rotatable bonds is 2. The van der Waals surface area contributed by atoms with E-state index in [4.69, 9.17) is 0 Å². The van der Waals surface area contributed by atoms with Crippen LogP contribution >= 0.6 is 0 Å². The Bertz CT molecular complexity index is 152. The van der Waals surface area contributed by atoms with Gasteiger partial charge in [0, 0.05) is 6.92 Å². The van der Waals surface area contributed by atoms with Crippen molar-refractivity contribution in [3.8, 4) is 0 Å². The van der Waals surface area contributed by atoms with Gasteiger partial charge in [0.15, 0.2) is 0 Å². The molecule has 0 aliphatic heterocycles. The van der Waals surface area contributed by atoms with Gasteiger partial charge in [-0.1, -0.05) is 0 Å². The van der Waals surface area contributed by atoms with Crippen LogP contribution in [-0.4, -0.2) is 10.8 Å². The summed E-state index contributed by atoms with van der Waals surface area (Å²) in [5.74, 6) is -0.326. The number of nitrogens with one attached hydrogen (secondary N) is 1. The molecule has 0 bridgehead atoms. The van der Waals surface area contributed by atoms with E-state index in [1.54, 1.807) is 0 Å². The number of carbonyl (C=O) groups excluding carboxylic acids is 1. The highest BCUT2D eigenvalue weighted by molar-refractivity contribution is 5.73. The highest BCUT2D eigenvalue weighted by Crippen LogP contribution is 1.68. The first kappa shape index (κ1) is 7.61. The zero-order chi connectivity index (χ0) is 7.28. The lowest BCUT2D eigenvalue weighted by Gasteiger charge is -1.84. The smallest absolute Gasteiger partial charge is 0.250 e. The predicted octanol–water partition coefficient (Wildman–Crippen LogP) is -0.130. The quantitative estimate of drug-likeness (QED) is 0.418. The lowest BCUT2D eigenvalue weighted by atomic mass is 10.7. The van der Waals surface area contributed by atoms with Gasteiger partial charge >= 0.3 is 0 Å². The van der Waals surface area contributed by atoms with Gasteiger partial charge in [-0.3, -0.25) is 14.9 Å². The van der Waals surface area contributed by atoms with Gasteiger partial charge < -0.3 is 5.32 Å². The van der Waals surface area contributed by atoms with Crippen molar-refractivity contribution in [1.82, 2.24) is 5.32 Å². The zero-order valence-corrected chi connectivity index (χ0v) is 4.83. The van der Waals surface area contributed by atoms with Gasteiger partial charge in [0.2, 0.25) is 12.1 Å². The number of nitro groups is 1. The lowest BCUT2D eigenvalue weighted by molar-refractivity contribution is -0.402. The van der Waals surface area contributed by atoms with Gasteiger partial charge in [-0.25, -0.2) is 0 Å². The summed E-state index contributed by atoms with van der Waals surface area (Å²) < 4.78 is 0. The number of amides is 1. The molecule has 0 heterocycles. The van der Waals surface area contributed by atoms with E-state index in [1.165, 1.54) is 6.92 Å². The van der Waals surface area contributed by atoms with Crippen LogP contribution in [0.25, 0.3) is 0 Å². The fourth-order valence-electron chi connectivity index (χ4n) is 0.215. The van der Waals surface area contributed by atoms with Crippen molar-refractivity contribution < 1.29 is 9.72 Å². The molecule has 1 N–H and O–H groups in total. The molecule has 0 aromatic rings. The average Bonchev–Trinajstić information content (AvgIpc) is 1.63. The predicted molar refractivity (Wildman–Crippen MR) is 30.0 cm³/mol. The highest BCUT2D eigenvalue weighted by Gasteiger charge is 1.85. The van der Waals surface area contributed by atoms with E-state index >= 15 is 0 Å². The minimum Gasteiger partial charge on any atom is -0.327 e. The number of hydrogen-bond donors (Lipinski definition) is 1. The van der Waals surface area contributed by atoms with Crippen molar-refractivity contribution in [2.75, 3.05) is 0 Å². The molecule has 0 aromatic heterocycles. The standard InChI is InChI=1S/C4H6N2O3/c1-4(7)5-2-3-6(8)9/h2-3H,1H3,(H,5,7)/b3-2-. The molecule has 50 valence electrons. The Morgan fingerprint density at radius 1 is 1.78 bits per heavy atom. The molecule has 9 heavy (non-hydrogen) atoms. The van der Waals surface area contributed by atoms with Crippen LogP contribution in [0.2, 0.25) is 0 Å². The Labute approximate surface area is 51.5 Å². The van der Waals surface area contributed by atoms with Gasteiger partial charge in [0.05, 0.1) is 11.1 Å². The second-order valence-electron chi connectivity index (χ2n) is 1.30. The Morgan fingerprint density at radius 3 is 2.67 bits per heavy atom. The molecule has 0 spiro atoms. The summed E-state index contributed by atoms with van der Waals surface area (Å²) in [5, 5.41) is 11.7. The molecule has 5 nitrogen and oxygen atoms in total. The van der Waals surface area contributed by atoms with E-state index in [1.807, 2.05) is 0 Å². The molecule has 0 radical (unpaired) electrons. The normalized spacial score (nSPS) is 9.44. The van der Waals surface area contributed by atoms with Gasteiger partial charge in [0.25, 0.3) is 0 Å². The molecule has 0 saturated heterocycles. The minimum absolute atomic E-state index is 0.326. The summed E-state index contributed by atoms with van der Waals surface area (Å²) >= 11 is 0. The van der Waals surface area contributed by atoms with Gasteiger partial charge in [-0.15, -0.1) is 0 Å². The topological polar surface area (TPSA) is 72.2 Å². The van der Waals surface area contributed by atoms with Crippen molar-refractivity contribution in [2.45, 2.75) is 6.92 Å². The van der Waals surface area contributed by atoms with Crippen LogP contribution in [0, 0.1) is 10.1 Å². The maximum Gasteiger partial charge on any atom is 0.250 e. The second-order valence-corrected chi connectivity index (χ2v) is 1.30. The monoisotopic (exact) mass is 130 g/mol. The van der Waals surface area contributed by atoms with Crippen molar-refractivity contribution in [3.05, 3.63) is 22.5 Å². The van der Waals surface area contributed by atoms with Crippen LogP contribution in [0.3, 0.4) is 0 Å². The van der Waals surface area contributed by atoms with Crippen molar-refractivity contribution in [1.29, 1.82) is 0 Å². The molecule has 0 aliphatic rings. The molecule has 0 unspecified atom stereocenters. The molecule has 0 rings (SSSR count). The van der Waals surface area contributed by atoms with Crippen LogP contribution in [-0.2, 0) is 4.79 Å². The molecule has 0 fully saturated rings. The summed E-state index contributed by atoms with van der Waals surface area (Å²) in [5.41, 5.74) is 0. The second kappa shape index (κ2) is 3.59. The highest BCUT2D eigenvalue weighted by atomic mass is 16.6. The number of nitrogens with zero attached hydrogens (tertiary/aromatic N) is 1. The third-order valence-corrected chi connectivity index (χ3v) is 0.483. The maximum absolute atomic E-state index is 10.0. The van der Waals surface area contributed by atoms with E-state index in [2.05, 4.69) is 5.32 Å². The van der Waals surface area contributed by atoms with Crippen LogP contribution in [0.4, 0.5) is 0 Å².